The van der Waals surface area contributed by atoms with Gasteiger partial charge in [-0.15, -0.1) is 0 Å². The Labute approximate surface area is 296 Å². The highest BCUT2D eigenvalue weighted by Gasteiger charge is 2.61. The molecule has 0 heterocycles. The van der Waals surface area contributed by atoms with Crippen LogP contribution in [0.15, 0.2) is 0 Å². The summed E-state index contributed by atoms with van der Waals surface area (Å²) < 4.78 is 5.63. The maximum Gasteiger partial charge on any atom is 0.362 e. The van der Waals surface area contributed by atoms with Gasteiger partial charge in [0.15, 0.2) is 0 Å². The molecule has 1 fully saturated rings. The summed E-state index contributed by atoms with van der Waals surface area (Å²) in [5.74, 6) is -1.17. The van der Waals surface area contributed by atoms with Crippen LogP contribution in [-0.2, 0) is 28.9 Å². The minimum absolute atomic E-state index is 0.0589. The molecular formula is C42H78O6. The zero-order valence-corrected chi connectivity index (χ0v) is 32.1. The van der Waals surface area contributed by atoms with Gasteiger partial charge in [0.05, 0.1) is 18.4 Å². The second kappa shape index (κ2) is 31.4. The van der Waals surface area contributed by atoms with E-state index in [9.17, 15) is 14.4 Å². The fraction of sp³-hybridized carbons (Fsp3) is 0.929. The number of carbonyl (C=O) groups is 3. The fourth-order valence-electron chi connectivity index (χ4n) is 7.00. The Morgan fingerprint density at radius 1 is 0.458 bits per heavy atom. The highest BCUT2D eigenvalue weighted by molar-refractivity contribution is 5.81. The van der Waals surface area contributed by atoms with Crippen molar-refractivity contribution in [3.8, 4) is 0 Å². The molecule has 0 N–H and O–H groups in total. The van der Waals surface area contributed by atoms with E-state index in [1.54, 1.807) is 0 Å². The Bertz CT molecular complexity index is 782. The predicted octanol–water partition coefficient (Wildman–Crippen LogP) is 13.1. The molecule has 1 saturated carbocycles. The third-order valence-corrected chi connectivity index (χ3v) is 10.5. The van der Waals surface area contributed by atoms with E-state index in [0.29, 0.717) is 19.3 Å². The van der Waals surface area contributed by atoms with E-state index in [1.165, 1.54) is 141 Å². The summed E-state index contributed by atoms with van der Waals surface area (Å²) in [6.45, 7) is 6.98. The zero-order chi connectivity index (χ0) is 35.0. The lowest BCUT2D eigenvalue weighted by Gasteiger charge is -2.15. The van der Waals surface area contributed by atoms with E-state index in [-0.39, 0.29) is 24.9 Å². The lowest BCUT2D eigenvalue weighted by atomic mass is 9.95. The van der Waals surface area contributed by atoms with Gasteiger partial charge < -0.3 is 4.74 Å². The number of esters is 1. The Balaban J connectivity index is 2.34. The number of hydrogen-bond donors (Lipinski definition) is 0. The van der Waals surface area contributed by atoms with E-state index < -0.39 is 17.4 Å². The lowest BCUT2D eigenvalue weighted by Crippen LogP contribution is -2.25. The average Bonchev–Trinajstić information content (AvgIpc) is 3.81. The predicted molar refractivity (Wildman–Crippen MR) is 198 cm³/mol. The van der Waals surface area contributed by atoms with Gasteiger partial charge in [0.25, 0.3) is 0 Å². The zero-order valence-electron chi connectivity index (χ0n) is 32.1. The Kier molecular flexibility index (Phi) is 29.1. The van der Waals surface area contributed by atoms with Crippen molar-refractivity contribution in [3.63, 3.8) is 0 Å². The van der Waals surface area contributed by atoms with Crippen molar-refractivity contribution in [2.24, 2.45) is 11.3 Å². The molecule has 0 radical (unpaired) electrons. The molecule has 0 aliphatic heterocycles. The molecule has 0 amide bonds. The molecule has 282 valence electrons. The summed E-state index contributed by atoms with van der Waals surface area (Å²) in [6, 6.07) is 0. The van der Waals surface area contributed by atoms with Crippen LogP contribution >= 0.6 is 0 Å². The number of hydrogen-bond acceptors (Lipinski definition) is 6. The van der Waals surface area contributed by atoms with Crippen molar-refractivity contribution in [1.82, 2.24) is 0 Å². The van der Waals surface area contributed by atoms with Crippen LogP contribution in [0.25, 0.3) is 0 Å². The van der Waals surface area contributed by atoms with Gasteiger partial charge in [-0.25, -0.2) is 19.4 Å². The summed E-state index contributed by atoms with van der Waals surface area (Å²) in [6.07, 6.45) is 37.2. The maximum atomic E-state index is 13.2. The molecule has 0 spiro atoms. The molecule has 1 aliphatic carbocycles. The molecule has 48 heavy (non-hydrogen) atoms. The number of ether oxygens (including phenoxy) is 1. The van der Waals surface area contributed by atoms with Crippen LogP contribution < -0.4 is 0 Å². The standard InChI is InChI=1S/C42H78O6/c1-4-7-10-13-16-19-21-24-27-30-33-39(43)46-37-38-36-42(38,35-32-29-26-23-18-15-12-9-6-3)41(45)48-47-40(44)34-31-28-25-22-20-17-14-11-8-5-2/h38H,4-37H2,1-3H3. The van der Waals surface area contributed by atoms with Crippen LogP contribution in [-0.4, -0.2) is 24.5 Å². The van der Waals surface area contributed by atoms with Crippen LogP contribution in [0, 0.1) is 11.3 Å². The van der Waals surface area contributed by atoms with Gasteiger partial charge in [-0.3, -0.25) is 4.79 Å². The van der Waals surface area contributed by atoms with E-state index in [0.717, 1.165) is 44.9 Å². The van der Waals surface area contributed by atoms with Gasteiger partial charge in [0.2, 0.25) is 0 Å². The highest BCUT2D eigenvalue weighted by atomic mass is 17.2. The Hall–Kier alpha value is -1.59. The van der Waals surface area contributed by atoms with Gasteiger partial charge in [-0.05, 0) is 25.7 Å². The van der Waals surface area contributed by atoms with Crippen LogP contribution in [0.4, 0.5) is 0 Å². The smallest absolute Gasteiger partial charge is 0.362 e. The van der Waals surface area contributed by atoms with E-state index in [1.807, 2.05) is 0 Å². The van der Waals surface area contributed by atoms with Gasteiger partial charge in [-0.1, -0.05) is 194 Å². The summed E-state index contributed by atoms with van der Waals surface area (Å²) in [5, 5.41) is 0. The first kappa shape index (κ1) is 44.4. The Morgan fingerprint density at radius 3 is 1.23 bits per heavy atom. The van der Waals surface area contributed by atoms with Gasteiger partial charge >= 0.3 is 17.9 Å². The number of rotatable bonds is 35. The van der Waals surface area contributed by atoms with Crippen LogP contribution in [0.1, 0.15) is 233 Å². The molecule has 0 aromatic heterocycles. The van der Waals surface area contributed by atoms with Gasteiger partial charge in [0, 0.05) is 12.3 Å². The van der Waals surface area contributed by atoms with Crippen molar-refractivity contribution in [2.45, 2.75) is 233 Å². The van der Waals surface area contributed by atoms with E-state index in [4.69, 9.17) is 14.5 Å². The van der Waals surface area contributed by atoms with Crippen molar-refractivity contribution in [1.29, 1.82) is 0 Å². The van der Waals surface area contributed by atoms with Crippen LogP contribution in [0.2, 0.25) is 0 Å². The van der Waals surface area contributed by atoms with Crippen LogP contribution in [0.3, 0.4) is 0 Å². The largest absolute Gasteiger partial charge is 0.465 e. The molecule has 0 aromatic rings. The van der Waals surface area contributed by atoms with Gasteiger partial charge in [-0.2, -0.15) is 0 Å². The molecule has 1 aliphatic rings. The van der Waals surface area contributed by atoms with E-state index in [2.05, 4.69) is 20.8 Å². The Morgan fingerprint density at radius 2 is 0.812 bits per heavy atom. The number of unbranched alkanes of at least 4 members (excludes halogenated alkanes) is 26. The second-order valence-corrected chi connectivity index (χ2v) is 15.0. The summed E-state index contributed by atoms with van der Waals surface area (Å²) in [7, 11) is 0. The third kappa shape index (κ3) is 23.7. The minimum atomic E-state index is -0.698. The van der Waals surface area contributed by atoms with Crippen molar-refractivity contribution in [2.75, 3.05) is 6.61 Å². The average molecular weight is 679 g/mol. The fourth-order valence-corrected chi connectivity index (χ4v) is 7.00. The first-order valence-electron chi connectivity index (χ1n) is 21.1. The topological polar surface area (TPSA) is 78.9 Å². The van der Waals surface area contributed by atoms with Gasteiger partial charge in [0.1, 0.15) is 0 Å². The monoisotopic (exact) mass is 679 g/mol. The molecule has 6 nitrogen and oxygen atoms in total. The quantitative estimate of drug-likeness (QED) is 0.0287. The third-order valence-electron chi connectivity index (χ3n) is 10.5. The first-order valence-corrected chi connectivity index (χ1v) is 21.1. The molecule has 6 heteroatoms. The SMILES string of the molecule is CCCCCCCCCCCCC(=O)OCC1CC1(CCCCCCCCCCC)C(=O)OOC(=O)CCCCCCCCCCCC. The van der Waals surface area contributed by atoms with Crippen LogP contribution in [0.5, 0.6) is 0 Å². The molecule has 2 unspecified atom stereocenters. The summed E-state index contributed by atoms with van der Waals surface area (Å²) in [4.78, 5) is 48.2. The molecule has 0 aromatic carbocycles. The van der Waals surface area contributed by atoms with Crippen molar-refractivity contribution < 1.29 is 28.9 Å². The minimum Gasteiger partial charge on any atom is -0.465 e. The summed E-state index contributed by atoms with van der Waals surface area (Å²) >= 11 is 0. The first-order chi connectivity index (χ1) is 23.5. The molecule has 0 bridgehead atoms. The normalized spacial score (nSPS) is 16.9. The molecule has 2 atom stereocenters. The lowest BCUT2D eigenvalue weighted by molar-refractivity contribution is -0.264. The maximum absolute atomic E-state index is 13.2. The molecule has 0 saturated heterocycles. The second-order valence-electron chi connectivity index (χ2n) is 15.0. The summed E-state index contributed by atoms with van der Waals surface area (Å²) in [5.41, 5.74) is -0.698. The molecule has 1 rings (SSSR count). The van der Waals surface area contributed by atoms with Crippen molar-refractivity contribution in [3.05, 3.63) is 0 Å². The highest BCUT2D eigenvalue weighted by Crippen LogP contribution is 2.57. The van der Waals surface area contributed by atoms with E-state index >= 15 is 0 Å². The number of carbonyl (C=O) groups excluding carboxylic acids is 3. The molecular weight excluding hydrogens is 600 g/mol. The van der Waals surface area contributed by atoms with Crippen molar-refractivity contribution >= 4 is 17.9 Å².